The topological polar surface area (TPSA) is 33.3 Å². The molecular weight excluding hydrogens is 328 g/mol. The van der Waals surface area contributed by atoms with E-state index >= 15 is 0 Å². The number of anilines is 1. The Morgan fingerprint density at radius 2 is 1.92 bits per heavy atom. The van der Waals surface area contributed by atoms with E-state index in [1.165, 1.54) is 16.7 Å². The predicted molar refractivity (Wildman–Crippen MR) is 110 cm³/mol. The van der Waals surface area contributed by atoms with Gasteiger partial charge >= 0.3 is 0 Å². The van der Waals surface area contributed by atoms with Crippen LogP contribution in [0, 0.1) is 13.8 Å². The van der Waals surface area contributed by atoms with E-state index in [1.54, 1.807) is 6.08 Å². The van der Waals surface area contributed by atoms with Gasteiger partial charge in [0, 0.05) is 5.69 Å². The zero-order valence-electron chi connectivity index (χ0n) is 15.1. The third-order valence-electron chi connectivity index (χ3n) is 3.99. The lowest BCUT2D eigenvalue weighted by molar-refractivity contribution is 0.363. The SMILES string of the molecule is C=CCOc1ccc(NC(=S)NC(CC)c2ccc(C)cc2C)cc1. The molecule has 0 saturated heterocycles. The van der Waals surface area contributed by atoms with E-state index in [1.807, 2.05) is 24.3 Å². The number of aryl methyl sites for hydroxylation is 2. The highest BCUT2D eigenvalue weighted by Crippen LogP contribution is 2.22. The van der Waals surface area contributed by atoms with Crippen LogP contribution in [-0.2, 0) is 0 Å². The van der Waals surface area contributed by atoms with Crippen LogP contribution in [0.1, 0.15) is 36.1 Å². The third kappa shape index (κ3) is 5.61. The molecule has 0 amide bonds. The summed E-state index contributed by atoms with van der Waals surface area (Å²) in [5.41, 5.74) is 4.77. The standard InChI is InChI=1S/C21H26N2OS/c1-5-13-24-18-10-8-17(9-11-18)22-21(25)23-20(6-2)19-12-7-15(3)14-16(19)4/h5,7-12,14,20H,1,6,13H2,2-4H3,(H2,22,23,25). The second-order valence-electron chi connectivity index (χ2n) is 6.04. The Labute approximate surface area is 156 Å². The van der Waals surface area contributed by atoms with Gasteiger partial charge in [0.2, 0.25) is 0 Å². The minimum absolute atomic E-state index is 0.191. The summed E-state index contributed by atoms with van der Waals surface area (Å²) in [6.07, 6.45) is 2.68. The Hall–Kier alpha value is -2.33. The third-order valence-corrected chi connectivity index (χ3v) is 4.21. The molecule has 2 aromatic carbocycles. The molecule has 4 heteroatoms. The Balaban J connectivity index is 1.98. The van der Waals surface area contributed by atoms with Crippen LogP contribution in [0.3, 0.4) is 0 Å². The highest BCUT2D eigenvalue weighted by atomic mass is 32.1. The number of thiocarbonyl (C=S) groups is 1. The number of ether oxygens (including phenoxy) is 1. The van der Waals surface area contributed by atoms with E-state index in [4.69, 9.17) is 17.0 Å². The average molecular weight is 355 g/mol. The van der Waals surface area contributed by atoms with Crippen LogP contribution in [0.25, 0.3) is 0 Å². The van der Waals surface area contributed by atoms with E-state index in [9.17, 15) is 0 Å². The maximum atomic E-state index is 5.48. The van der Waals surface area contributed by atoms with Crippen molar-refractivity contribution in [2.75, 3.05) is 11.9 Å². The van der Waals surface area contributed by atoms with Crippen molar-refractivity contribution in [2.24, 2.45) is 0 Å². The van der Waals surface area contributed by atoms with Gasteiger partial charge in [-0.2, -0.15) is 0 Å². The van der Waals surface area contributed by atoms with Crippen molar-refractivity contribution in [1.82, 2.24) is 5.32 Å². The Morgan fingerprint density at radius 3 is 2.52 bits per heavy atom. The highest BCUT2D eigenvalue weighted by Gasteiger charge is 2.13. The van der Waals surface area contributed by atoms with Crippen molar-refractivity contribution in [1.29, 1.82) is 0 Å². The van der Waals surface area contributed by atoms with Crippen LogP contribution in [-0.4, -0.2) is 11.7 Å². The average Bonchev–Trinajstić information content (AvgIpc) is 2.59. The monoisotopic (exact) mass is 354 g/mol. The number of nitrogens with one attached hydrogen (secondary N) is 2. The van der Waals surface area contributed by atoms with Crippen molar-refractivity contribution in [2.45, 2.75) is 33.2 Å². The fourth-order valence-electron chi connectivity index (χ4n) is 2.73. The molecule has 2 rings (SSSR count). The first-order chi connectivity index (χ1) is 12.0. The molecule has 0 aliphatic carbocycles. The minimum Gasteiger partial charge on any atom is -0.490 e. The lowest BCUT2D eigenvalue weighted by Crippen LogP contribution is -2.32. The molecule has 0 aromatic heterocycles. The molecule has 0 spiro atoms. The Bertz CT molecular complexity index is 725. The van der Waals surface area contributed by atoms with Crippen molar-refractivity contribution in [3.8, 4) is 5.75 Å². The van der Waals surface area contributed by atoms with Gasteiger partial charge in [-0.1, -0.05) is 43.3 Å². The molecule has 0 fully saturated rings. The summed E-state index contributed by atoms with van der Waals surface area (Å²) in [5.74, 6) is 0.811. The summed E-state index contributed by atoms with van der Waals surface area (Å²) >= 11 is 5.48. The molecule has 25 heavy (non-hydrogen) atoms. The lowest BCUT2D eigenvalue weighted by Gasteiger charge is -2.22. The van der Waals surface area contributed by atoms with Gasteiger partial charge in [-0.15, -0.1) is 0 Å². The van der Waals surface area contributed by atoms with Crippen molar-refractivity contribution in [3.05, 3.63) is 71.8 Å². The van der Waals surface area contributed by atoms with Gasteiger partial charge in [-0.05, 0) is 67.9 Å². The van der Waals surface area contributed by atoms with Gasteiger partial charge in [-0.3, -0.25) is 0 Å². The first-order valence-corrected chi connectivity index (χ1v) is 8.92. The predicted octanol–water partition coefficient (Wildman–Crippen LogP) is 5.31. The fraction of sp³-hybridized carbons (Fsp3) is 0.286. The van der Waals surface area contributed by atoms with E-state index < -0.39 is 0 Å². The maximum absolute atomic E-state index is 5.48. The van der Waals surface area contributed by atoms with Crippen LogP contribution in [0.2, 0.25) is 0 Å². The summed E-state index contributed by atoms with van der Waals surface area (Å²) in [6, 6.07) is 14.4. The molecule has 3 nitrogen and oxygen atoms in total. The summed E-state index contributed by atoms with van der Waals surface area (Å²) < 4.78 is 5.48. The van der Waals surface area contributed by atoms with Crippen LogP contribution < -0.4 is 15.4 Å². The molecule has 1 unspecified atom stereocenters. The first kappa shape index (κ1) is 19.0. The van der Waals surface area contributed by atoms with E-state index in [-0.39, 0.29) is 6.04 Å². The second kappa shape index (κ2) is 9.23. The van der Waals surface area contributed by atoms with Gasteiger partial charge in [-0.25, -0.2) is 0 Å². The summed E-state index contributed by atoms with van der Waals surface area (Å²) in [4.78, 5) is 0. The number of benzene rings is 2. The zero-order valence-corrected chi connectivity index (χ0v) is 16.0. The molecular formula is C21H26N2OS. The molecule has 2 N–H and O–H groups in total. The molecule has 0 bridgehead atoms. The molecule has 0 radical (unpaired) electrons. The van der Waals surface area contributed by atoms with E-state index in [0.717, 1.165) is 17.9 Å². The van der Waals surface area contributed by atoms with Crippen LogP contribution in [0.15, 0.2) is 55.1 Å². The summed E-state index contributed by atoms with van der Waals surface area (Å²) in [5, 5.41) is 7.27. The Morgan fingerprint density at radius 1 is 1.20 bits per heavy atom. The van der Waals surface area contributed by atoms with Crippen LogP contribution in [0.4, 0.5) is 5.69 Å². The van der Waals surface area contributed by atoms with Gasteiger partial charge in [0.05, 0.1) is 6.04 Å². The summed E-state index contributed by atoms with van der Waals surface area (Å²) in [7, 11) is 0. The van der Waals surface area contributed by atoms with Crippen molar-refractivity contribution < 1.29 is 4.74 Å². The second-order valence-corrected chi connectivity index (χ2v) is 6.45. The van der Waals surface area contributed by atoms with E-state index in [0.29, 0.717) is 11.7 Å². The van der Waals surface area contributed by atoms with Crippen molar-refractivity contribution >= 4 is 23.0 Å². The minimum atomic E-state index is 0.191. The number of hydrogen-bond acceptors (Lipinski definition) is 2. The molecule has 132 valence electrons. The largest absolute Gasteiger partial charge is 0.490 e. The van der Waals surface area contributed by atoms with Gasteiger partial charge in [0.25, 0.3) is 0 Å². The highest BCUT2D eigenvalue weighted by molar-refractivity contribution is 7.80. The number of rotatable bonds is 7. The fourth-order valence-corrected chi connectivity index (χ4v) is 2.99. The zero-order chi connectivity index (χ0) is 18.2. The summed E-state index contributed by atoms with van der Waals surface area (Å²) in [6.45, 7) is 10.6. The van der Waals surface area contributed by atoms with Gasteiger partial charge in [0.15, 0.2) is 5.11 Å². The molecule has 0 heterocycles. The van der Waals surface area contributed by atoms with E-state index in [2.05, 4.69) is 56.2 Å². The maximum Gasteiger partial charge on any atom is 0.171 e. The quantitative estimate of drug-likeness (QED) is 0.522. The molecule has 0 saturated carbocycles. The lowest BCUT2D eigenvalue weighted by atomic mass is 9.98. The first-order valence-electron chi connectivity index (χ1n) is 8.52. The smallest absolute Gasteiger partial charge is 0.171 e. The normalized spacial score (nSPS) is 11.5. The van der Waals surface area contributed by atoms with Gasteiger partial charge in [0.1, 0.15) is 12.4 Å². The number of hydrogen-bond donors (Lipinski definition) is 2. The van der Waals surface area contributed by atoms with Crippen molar-refractivity contribution in [3.63, 3.8) is 0 Å². The molecule has 2 aromatic rings. The van der Waals surface area contributed by atoms with Gasteiger partial charge < -0.3 is 15.4 Å². The Kier molecular flexibility index (Phi) is 7.02. The molecule has 0 aliphatic rings. The van der Waals surface area contributed by atoms with Crippen LogP contribution >= 0.6 is 12.2 Å². The molecule has 1 atom stereocenters. The van der Waals surface area contributed by atoms with Crippen LogP contribution in [0.5, 0.6) is 5.75 Å². The molecule has 0 aliphatic heterocycles.